The number of carbonyl (C=O) groups excluding carboxylic acids is 5. The normalized spacial score (nSPS) is 27.1. The highest BCUT2D eigenvalue weighted by molar-refractivity contribution is 6.33. The van der Waals surface area contributed by atoms with Crippen molar-refractivity contribution >= 4 is 46.8 Å². The van der Waals surface area contributed by atoms with E-state index in [1.54, 1.807) is 18.2 Å². The van der Waals surface area contributed by atoms with Crippen LogP contribution in [0, 0.1) is 5.92 Å². The Morgan fingerprint density at radius 1 is 1.06 bits per heavy atom. The Morgan fingerprint density at radius 2 is 1.85 bits per heavy atom. The van der Waals surface area contributed by atoms with E-state index in [0.29, 0.717) is 35.9 Å². The van der Waals surface area contributed by atoms with Crippen molar-refractivity contribution in [2.24, 2.45) is 5.92 Å². The number of fused-ring (bicyclic) bond motifs is 3. The van der Waals surface area contributed by atoms with Crippen LogP contribution in [0.2, 0.25) is 0 Å². The van der Waals surface area contributed by atoms with Gasteiger partial charge in [-0.25, -0.2) is 14.6 Å². The molecule has 0 spiro atoms. The molecule has 1 unspecified atom stereocenters. The fraction of sp³-hybridized carbons (Fsp3) is 0.541. The first kappa shape index (κ1) is 36.5. The first-order valence-corrected chi connectivity index (χ1v) is 17.9. The highest BCUT2D eigenvalue weighted by Crippen LogP contribution is 2.46. The number of carbonyl (C=O) groups is 5. The van der Waals surface area contributed by atoms with Crippen LogP contribution in [-0.2, 0) is 23.9 Å². The lowest BCUT2D eigenvalue weighted by Gasteiger charge is -2.29. The fourth-order valence-electron chi connectivity index (χ4n) is 7.47. The van der Waals surface area contributed by atoms with Crippen molar-refractivity contribution in [2.45, 2.75) is 100 Å². The number of pyridine rings is 1. The number of alkyl carbamates (subject to hydrolysis) is 1. The first-order chi connectivity index (χ1) is 25.1. The molecule has 4 aliphatic rings. The Hall–Kier alpha value is -5.30. The van der Waals surface area contributed by atoms with E-state index in [1.807, 2.05) is 12.2 Å². The molecule has 2 saturated carbocycles. The molecule has 1 aromatic heterocycles. The summed E-state index contributed by atoms with van der Waals surface area (Å²) in [6.45, 7) is -0.0390. The highest BCUT2D eigenvalue weighted by atomic mass is 16.6. The Balaban J connectivity index is 1.32. The van der Waals surface area contributed by atoms with Crippen LogP contribution >= 0.6 is 0 Å². The van der Waals surface area contributed by atoms with Crippen molar-refractivity contribution in [2.75, 3.05) is 20.8 Å². The van der Waals surface area contributed by atoms with E-state index in [-0.39, 0.29) is 36.4 Å². The summed E-state index contributed by atoms with van der Waals surface area (Å²) in [6.07, 6.45) is 10.3. The van der Waals surface area contributed by atoms with Gasteiger partial charge in [-0.15, -0.1) is 0 Å². The van der Waals surface area contributed by atoms with Gasteiger partial charge < -0.3 is 40.0 Å². The van der Waals surface area contributed by atoms with Gasteiger partial charge in [0.15, 0.2) is 0 Å². The Labute approximate surface area is 301 Å². The molecule has 52 heavy (non-hydrogen) atoms. The minimum absolute atomic E-state index is 0.0376. The van der Waals surface area contributed by atoms with Gasteiger partial charge in [-0.05, 0) is 63.5 Å². The van der Waals surface area contributed by atoms with Gasteiger partial charge in [0.05, 0.1) is 26.3 Å². The van der Waals surface area contributed by atoms with Crippen molar-refractivity contribution in [1.29, 1.82) is 0 Å². The van der Waals surface area contributed by atoms with Gasteiger partial charge >= 0.3 is 18.3 Å². The lowest BCUT2D eigenvalue weighted by Crippen LogP contribution is -2.56. The molecule has 15 nitrogen and oxygen atoms in total. The molecule has 1 saturated heterocycles. The zero-order valence-electron chi connectivity index (χ0n) is 29.4. The number of ether oxygens (including phenoxy) is 4. The molecule has 3 heterocycles. The van der Waals surface area contributed by atoms with Gasteiger partial charge in [0.2, 0.25) is 11.8 Å². The topological polar surface area (TPSA) is 199 Å². The van der Waals surface area contributed by atoms with Crippen LogP contribution in [0.5, 0.6) is 11.5 Å². The van der Waals surface area contributed by atoms with E-state index >= 15 is 0 Å². The Kier molecular flexibility index (Phi) is 11.2. The summed E-state index contributed by atoms with van der Waals surface area (Å²) in [5, 5.41) is 6.24. The SMILES string of the molecule is COC(=O)[C@@]12CC1/C=C\CCCCC[C@H](NC(=O)OC1CCCC1)C(=O)N1C[C@H](Oc3cc(C(=O)C=[N+]=[N-])nc4cc(OC)ccc34)C[C@H]1C(=O)N2. The number of hydrogen-bond donors (Lipinski definition) is 2. The second-order valence-electron chi connectivity index (χ2n) is 13.8. The van der Waals surface area contributed by atoms with Crippen LogP contribution in [0.3, 0.4) is 0 Å². The van der Waals surface area contributed by atoms with Crippen molar-refractivity contribution in [3.63, 3.8) is 0 Å². The molecule has 2 aliphatic heterocycles. The summed E-state index contributed by atoms with van der Waals surface area (Å²) in [5.74, 6) is -1.80. The number of nitrogens with zero attached hydrogens (tertiary/aromatic N) is 4. The molecule has 5 atom stereocenters. The van der Waals surface area contributed by atoms with Gasteiger partial charge in [-0.1, -0.05) is 25.0 Å². The summed E-state index contributed by atoms with van der Waals surface area (Å²) in [4.78, 5) is 76.1. The van der Waals surface area contributed by atoms with Crippen molar-refractivity contribution in [3.8, 4) is 11.5 Å². The molecule has 3 fully saturated rings. The van der Waals surface area contributed by atoms with Gasteiger partial charge in [-0.2, -0.15) is 4.79 Å². The molecule has 3 amide bonds. The molecule has 276 valence electrons. The number of rotatable bonds is 8. The summed E-state index contributed by atoms with van der Waals surface area (Å²) >= 11 is 0. The molecule has 2 aliphatic carbocycles. The fourth-order valence-corrected chi connectivity index (χ4v) is 7.47. The maximum absolute atomic E-state index is 14.5. The van der Waals surface area contributed by atoms with E-state index < -0.39 is 53.4 Å². The molecule has 2 N–H and O–H groups in total. The monoisotopic (exact) mass is 716 g/mol. The third kappa shape index (κ3) is 7.94. The van der Waals surface area contributed by atoms with Crippen LogP contribution in [0.25, 0.3) is 16.4 Å². The van der Waals surface area contributed by atoms with E-state index in [2.05, 4.69) is 20.4 Å². The molecule has 15 heteroatoms. The Morgan fingerprint density at radius 3 is 2.60 bits per heavy atom. The molecule has 2 aromatic rings. The van der Waals surface area contributed by atoms with Crippen LogP contribution in [0.15, 0.2) is 36.4 Å². The number of allylic oxidation sites excluding steroid dienone is 1. The Bertz CT molecular complexity index is 1800. The quantitative estimate of drug-likeness (QED) is 0.101. The predicted molar refractivity (Wildman–Crippen MR) is 186 cm³/mol. The number of amides is 3. The largest absolute Gasteiger partial charge is 0.497 e. The van der Waals surface area contributed by atoms with Gasteiger partial charge in [-0.3, -0.25) is 14.4 Å². The zero-order valence-corrected chi connectivity index (χ0v) is 29.4. The predicted octanol–water partition coefficient (Wildman–Crippen LogP) is 3.68. The molecular formula is C37H44N6O9. The lowest BCUT2D eigenvalue weighted by molar-refractivity contribution is -0.148. The molecule has 6 rings (SSSR count). The van der Waals surface area contributed by atoms with E-state index in [1.165, 1.54) is 25.2 Å². The summed E-state index contributed by atoms with van der Waals surface area (Å²) in [7, 11) is 2.77. The second-order valence-corrected chi connectivity index (χ2v) is 13.8. The molecule has 0 bridgehead atoms. The van der Waals surface area contributed by atoms with Gasteiger partial charge in [0.25, 0.3) is 5.78 Å². The molecule has 1 aromatic carbocycles. The highest BCUT2D eigenvalue weighted by Gasteiger charge is 2.62. The van der Waals surface area contributed by atoms with E-state index in [9.17, 15) is 24.0 Å². The summed E-state index contributed by atoms with van der Waals surface area (Å²) in [6, 6.07) is 4.42. The lowest BCUT2D eigenvalue weighted by atomic mass is 10.0. The van der Waals surface area contributed by atoms with Crippen molar-refractivity contribution < 1.29 is 47.7 Å². The van der Waals surface area contributed by atoms with Crippen LogP contribution in [0.1, 0.15) is 81.1 Å². The minimum Gasteiger partial charge on any atom is -0.497 e. The second kappa shape index (κ2) is 15.9. The summed E-state index contributed by atoms with van der Waals surface area (Å²) in [5.41, 5.74) is 8.03. The average molecular weight is 717 g/mol. The third-order valence-corrected chi connectivity index (χ3v) is 10.4. The van der Waals surface area contributed by atoms with Gasteiger partial charge in [0, 0.05) is 29.9 Å². The maximum Gasteiger partial charge on any atom is 0.408 e. The van der Waals surface area contributed by atoms with Crippen LogP contribution in [0.4, 0.5) is 4.79 Å². The number of nitrogens with one attached hydrogen (secondary N) is 2. The summed E-state index contributed by atoms with van der Waals surface area (Å²) < 4.78 is 22.6. The van der Waals surface area contributed by atoms with Gasteiger partial charge in [0.1, 0.15) is 47.0 Å². The number of esters is 1. The van der Waals surface area contributed by atoms with Crippen molar-refractivity contribution in [3.05, 3.63) is 47.6 Å². The van der Waals surface area contributed by atoms with Crippen LogP contribution < -0.4 is 20.1 Å². The minimum atomic E-state index is -1.26. The molecule has 0 radical (unpaired) electrons. The number of methoxy groups -OCH3 is 2. The molecular weight excluding hydrogens is 672 g/mol. The maximum atomic E-state index is 14.5. The van der Waals surface area contributed by atoms with Crippen molar-refractivity contribution in [1.82, 2.24) is 20.5 Å². The standard InChI is InChI=1S/C37H44N6O9/c1-49-24-14-15-26-28(16-24)40-29(31(44)20-39-38)18-32(26)51-25-17-30-33(45)42-37(35(47)50-2)19-22(37)10-6-4-3-5-7-13-27(34(46)43(30)21-25)41-36(48)52-23-11-8-9-12-23/h6,10,14-16,18,20,22-23,25,27,30H,3-5,7-9,11-13,17,19,21H2,1-2H3,(H,41,48)(H,42,45)/b10-6-/t22?,25-,27+,30+,37-/m1/s1. The number of benzene rings is 1. The smallest absolute Gasteiger partial charge is 0.408 e. The first-order valence-electron chi connectivity index (χ1n) is 17.9. The number of hydrogen-bond acceptors (Lipinski definition) is 10. The zero-order chi connectivity index (χ0) is 36.8. The third-order valence-electron chi connectivity index (χ3n) is 10.4. The number of Topliss-reactive ketones (excluding diaryl/α,β-unsaturated/α-hetero) is 1. The number of ketones is 1. The number of aromatic nitrogens is 1. The van der Waals surface area contributed by atoms with E-state index in [0.717, 1.165) is 51.2 Å². The van der Waals surface area contributed by atoms with Crippen LogP contribution in [-0.4, -0.2) is 101 Å². The average Bonchev–Trinajstić information content (AvgIpc) is 3.42. The van der Waals surface area contributed by atoms with E-state index in [4.69, 9.17) is 24.5 Å².